The van der Waals surface area contributed by atoms with Gasteiger partial charge in [0.25, 0.3) is 0 Å². The van der Waals surface area contributed by atoms with Crippen LogP contribution >= 0.6 is 0 Å². The second kappa shape index (κ2) is 6.51. The van der Waals surface area contributed by atoms with Gasteiger partial charge in [0.05, 0.1) is 26.4 Å². The fraction of sp³-hybridized carbons (Fsp3) is 1.00. The third-order valence-electron chi connectivity index (χ3n) is 3.41. The molecule has 5 heteroatoms. The van der Waals surface area contributed by atoms with Crippen LogP contribution in [0.4, 0.5) is 0 Å². The Labute approximate surface area is 97.5 Å². The van der Waals surface area contributed by atoms with Gasteiger partial charge < -0.3 is 15.2 Å². The van der Waals surface area contributed by atoms with E-state index < -0.39 is 0 Å². The van der Waals surface area contributed by atoms with Gasteiger partial charge in [0.15, 0.2) is 0 Å². The molecule has 0 aromatic rings. The summed E-state index contributed by atoms with van der Waals surface area (Å²) in [6.45, 7) is 9.34. The summed E-state index contributed by atoms with van der Waals surface area (Å²) >= 11 is 0. The van der Waals surface area contributed by atoms with Gasteiger partial charge in [0, 0.05) is 45.3 Å². The highest BCUT2D eigenvalue weighted by molar-refractivity contribution is 4.79. The summed E-state index contributed by atoms with van der Waals surface area (Å²) in [6, 6.07) is 0.474. The van der Waals surface area contributed by atoms with Crippen LogP contribution in [0, 0.1) is 0 Å². The van der Waals surface area contributed by atoms with Gasteiger partial charge in [0.2, 0.25) is 0 Å². The van der Waals surface area contributed by atoms with E-state index in [4.69, 9.17) is 15.2 Å². The lowest BCUT2D eigenvalue weighted by Crippen LogP contribution is -2.53. The van der Waals surface area contributed by atoms with Crippen molar-refractivity contribution in [3.05, 3.63) is 0 Å². The first-order valence-corrected chi connectivity index (χ1v) is 6.22. The Morgan fingerprint density at radius 3 is 2.06 bits per heavy atom. The van der Waals surface area contributed by atoms with Crippen LogP contribution in [0.5, 0.6) is 0 Å². The van der Waals surface area contributed by atoms with E-state index in [0.29, 0.717) is 6.04 Å². The molecule has 2 aliphatic rings. The van der Waals surface area contributed by atoms with Gasteiger partial charge in [-0.25, -0.2) is 0 Å². The minimum absolute atomic E-state index is 0.474. The second-order valence-corrected chi connectivity index (χ2v) is 4.45. The summed E-state index contributed by atoms with van der Waals surface area (Å²) in [7, 11) is 0. The Kier molecular flexibility index (Phi) is 4.99. The highest BCUT2D eigenvalue weighted by Crippen LogP contribution is 2.06. The van der Waals surface area contributed by atoms with Crippen molar-refractivity contribution < 1.29 is 9.47 Å². The molecular weight excluding hydrogens is 206 g/mol. The average Bonchev–Trinajstić information content (AvgIpc) is 2.38. The van der Waals surface area contributed by atoms with Gasteiger partial charge in [-0.15, -0.1) is 0 Å². The summed E-state index contributed by atoms with van der Waals surface area (Å²) in [5.41, 5.74) is 5.88. The number of nitrogens with two attached hydrogens (primary N) is 1. The molecule has 0 spiro atoms. The Bertz CT molecular complexity index is 192. The highest BCUT2D eigenvalue weighted by Gasteiger charge is 2.22. The van der Waals surface area contributed by atoms with Crippen molar-refractivity contribution >= 4 is 0 Å². The third kappa shape index (κ3) is 3.40. The predicted octanol–water partition coefficient (Wildman–Crippen LogP) is -1.02. The molecule has 0 bridgehead atoms. The zero-order valence-corrected chi connectivity index (χ0v) is 9.94. The maximum atomic E-state index is 5.88. The quantitative estimate of drug-likeness (QED) is 0.668. The fourth-order valence-electron chi connectivity index (χ4n) is 2.36. The number of nitrogens with zero attached hydrogens (tertiary/aromatic N) is 2. The van der Waals surface area contributed by atoms with E-state index in [-0.39, 0.29) is 0 Å². The van der Waals surface area contributed by atoms with Crippen molar-refractivity contribution in [2.45, 2.75) is 6.04 Å². The van der Waals surface area contributed by atoms with Crippen molar-refractivity contribution in [1.29, 1.82) is 0 Å². The van der Waals surface area contributed by atoms with Crippen molar-refractivity contribution in [3.63, 3.8) is 0 Å². The lowest BCUT2D eigenvalue weighted by atomic mass is 10.2. The molecule has 5 nitrogen and oxygen atoms in total. The van der Waals surface area contributed by atoms with Crippen LogP contribution in [-0.4, -0.2) is 81.5 Å². The molecule has 0 amide bonds. The summed E-state index contributed by atoms with van der Waals surface area (Å²) in [5.74, 6) is 0. The summed E-state index contributed by atoms with van der Waals surface area (Å²) < 4.78 is 10.7. The van der Waals surface area contributed by atoms with Crippen LogP contribution in [0.2, 0.25) is 0 Å². The van der Waals surface area contributed by atoms with Crippen molar-refractivity contribution in [3.8, 4) is 0 Å². The van der Waals surface area contributed by atoms with Crippen LogP contribution in [0.25, 0.3) is 0 Å². The Hall–Kier alpha value is -0.200. The van der Waals surface area contributed by atoms with E-state index >= 15 is 0 Å². The summed E-state index contributed by atoms with van der Waals surface area (Å²) in [4.78, 5) is 4.91. The van der Waals surface area contributed by atoms with E-state index in [1.807, 2.05) is 0 Å². The number of hydrogen-bond acceptors (Lipinski definition) is 5. The number of hydrogen-bond donors (Lipinski definition) is 1. The minimum Gasteiger partial charge on any atom is -0.379 e. The van der Waals surface area contributed by atoms with Crippen LogP contribution < -0.4 is 5.73 Å². The number of rotatable bonds is 4. The van der Waals surface area contributed by atoms with E-state index in [1.165, 1.54) is 0 Å². The van der Waals surface area contributed by atoms with Gasteiger partial charge >= 0.3 is 0 Å². The Morgan fingerprint density at radius 2 is 1.50 bits per heavy atom. The highest BCUT2D eigenvalue weighted by atomic mass is 16.5. The molecule has 2 aliphatic heterocycles. The van der Waals surface area contributed by atoms with Crippen molar-refractivity contribution in [2.75, 3.05) is 65.7 Å². The SMILES string of the molecule is NCC(CN1CCOCC1)N1CCOCC1. The standard InChI is InChI=1S/C11H23N3O2/c12-9-11(14-3-7-16-8-4-14)10-13-1-5-15-6-2-13/h11H,1-10,12H2. The first-order chi connectivity index (χ1) is 7.90. The van der Waals surface area contributed by atoms with Crippen LogP contribution in [0.15, 0.2) is 0 Å². The molecule has 2 N–H and O–H groups in total. The molecular formula is C11H23N3O2. The zero-order chi connectivity index (χ0) is 11.2. The molecule has 16 heavy (non-hydrogen) atoms. The van der Waals surface area contributed by atoms with E-state index in [9.17, 15) is 0 Å². The smallest absolute Gasteiger partial charge is 0.0594 e. The molecule has 94 valence electrons. The first-order valence-electron chi connectivity index (χ1n) is 6.22. The second-order valence-electron chi connectivity index (χ2n) is 4.45. The van der Waals surface area contributed by atoms with Gasteiger partial charge in [-0.3, -0.25) is 9.80 Å². The lowest BCUT2D eigenvalue weighted by Gasteiger charge is -2.37. The van der Waals surface area contributed by atoms with Gasteiger partial charge in [-0.2, -0.15) is 0 Å². The van der Waals surface area contributed by atoms with Crippen molar-refractivity contribution in [2.24, 2.45) is 5.73 Å². The minimum atomic E-state index is 0.474. The van der Waals surface area contributed by atoms with Crippen LogP contribution in [0.3, 0.4) is 0 Å². The molecule has 1 unspecified atom stereocenters. The van der Waals surface area contributed by atoms with E-state index in [0.717, 1.165) is 65.7 Å². The normalized spacial score (nSPS) is 26.8. The molecule has 0 aromatic carbocycles. The van der Waals surface area contributed by atoms with Crippen molar-refractivity contribution in [1.82, 2.24) is 9.80 Å². The van der Waals surface area contributed by atoms with Gasteiger partial charge in [-0.1, -0.05) is 0 Å². The maximum Gasteiger partial charge on any atom is 0.0594 e. The first kappa shape index (κ1) is 12.3. The molecule has 0 aliphatic carbocycles. The van der Waals surface area contributed by atoms with Crippen LogP contribution in [0.1, 0.15) is 0 Å². The molecule has 0 saturated carbocycles. The maximum absolute atomic E-state index is 5.88. The molecule has 1 atom stereocenters. The van der Waals surface area contributed by atoms with E-state index in [1.54, 1.807) is 0 Å². The van der Waals surface area contributed by atoms with Crippen LogP contribution in [-0.2, 0) is 9.47 Å². The summed E-state index contributed by atoms with van der Waals surface area (Å²) in [6.07, 6.45) is 0. The molecule has 2 fully saturated rings. The molecule has 2 rings (SSSR count). The molecule has 0 radical (unpaired) electrons. The number of ether oxygens (including phenoxy) is 2. The zero-order valence-electron chi connectivity index (χ0n) is 9.94. The fourth-order valence-corrected chi connectivity index (χ4v) is 2.36. The molecule has 2 saturated heterocycles. The summed E-state index contributed by atoms with van der Waals surface area (Å²) in [5, 5.41) is 0. The van der Waals surface area contributed by atoms with Gasteiger partial charge in [0.1, 0.15) is 0 Å². The van der Waals surface area contributed by atoms with Gasteiger partial charge in [-0.05, 0) is 0 Å². The lowest BCUT2D eigenvalue weighted by molar-refractivity contribution is -0.00722. The predicted molar refractivity (Wildman–Crippen MR) is 62.5 cm³/mol. The third-order valence-corrected chi connectivity index (χ3v) is 3.41. The molecule has 2 heterocycles. The Morgan fingerprint density at radius 1 is 0.938 bits per heavy atom. The average molecular weight is 229 g/mol. The monoisotopic (exact) mass is 229 g/mol. The van der Waals surface area contributed by atoms with E-state index in [2.05, 4.69) is 9.80 Å². The molecule has 0 aromatic heterocycles. The number of morpholine rings is 2. The topological polar surface area (TPSA) is 51.0 Å². The Balaban J connectivity index is 1.78. The largest absolute Gasteiger partial charge is 0.379 e.